The first-order valence-electron chi connectivity index (χ1n) is 6.48. The van der Waals surface area contributed by atoms with Crippen molar-refractivity contribution in [1.29, 1.82) is 0 Å². The summed E-state index contributed by atoms with van der Waals surface area (Å²) in [6.07, 6.45) is 1.59. The molecule has 0 bridgehead atoms. The van der Waals surface area contributed by atoms with Crippen LogP contribution in [0.2, 0.25) is 0 Å². The Kier molecular flexibility index (Phi) is 4.34. The molecule has 0 radical (unpaired) electrons. The number of thioether (sulfide) groups is 1. The molecular weight excluding hydrogens is 290 g/mol. The number of nitrogens with zero attached hydrogens (tertiary/aromatic N) is 2. The quantitative estimate of drug-likeness (QED) is 0.703. The highest BCUT2D eigenvalue weighted by atomic mass is 32.2. The lowest BCUT2D eigenvalue weighted by atomic mass is 10.2. The van der Waals surface area contributed by atoms with Crippen LogP contribution in [-0.4, -0.2) is 21.7 Å². The van der Waals surface area contributed by atoms with E-state index in [-0.39, 0.29) is 6.04 Å². The summed E-state index contributed by atoms with van der Waals surface area (Å²) in [5.41, 5.74) is 0.936. The van der Waals surface area contributed by atoms with E-state index in [4.69, 9.17) is 4.42 Å². The normalized spacial score (nSPS) is 12.8. The van der Waals surface area contributed by atoms with E-state index in [0.29, 0.717) is 0 Å². The minimum absolute atomic E-state index is 0.182. The van der Waals surface area contributed by atoms with Crippen LogP contribution < -0.4 is 5.32 Å². The summed E-state index contributed by atoms with van der Waals surface area (Å²) in [6, 6.07) is 10.4. The molecule has 0 fully saturated rings. The van der Waals surface area contributed by atoms with Crippen molar-refractivity contribution < 1.29 is 4.42 Å². The van der Waals surface area contributed by atoms with Crippen LogP contribution in [0.5, 0.6) is 0 Å². The summed E-state index contributed by atoms with van der Waals surface area (Å²) in [7, 11) is 0. The van der Waals surface area contributed by atoms with Gasteiger partial charge >= 0.3 is 0 Å². The molecule has 1 aromatic carbocycles. The summed E-state index contributed by atoms with van der Waals surface area (Å²) in [4.78, 5) is 4.20. The molecule has 104 valence electrons. The van der Waals surface area contributed by atoms with Crippen molar-refractivity contribution in [1.82, 2.24) is 14.7 Å². The molecule has 20 heavy (non-hydrogen) atoms. The van der Waals surface area contributed by atoms with E-state index in [9.17, 15) is 0 Å². The van der Waals surface area contributed by atoms with Crippen molar-refractivity contribution in [2.24, 2.45) is 0 Å². The van der Waals surface area contributed by atoms with Crippen molar-refractivity contribution in [3.8, 4) is 0 Å². The van der Waals surface area contributed by atoms with Gasteiger partial charge in [-0.05, 0) is 30.2 Å². The highest BCUT2D eigenvalue weighted by Gasteiger charge is 2.16. The zero-order valence-corrected chi connectivity index (χ0v) is 12.7. The molecule has 0 aliphatic carbocycles. The van der Waals surface area contributed by atoms with Gasteiger partial charge in [-0.3, -0.25) is 0 Å². The molecule has 0 aliphatic heterocycles. The molecule has 2 heterocycles. The Morgan fingerprint density at radius 1 is 1.40 bits per heavy atom. The zero-order chi connectivity index (χ0) is 13.8. The summed E-state index contributed by atoms with van der Waals surface area (Å²) >= 11 is 3.13. The van der Waals surface area contributed by atoms with Crippen LogP contribution in [0, 0.1) is 0 Å². The van der Waals surface area contributed by atoms with Crippen molar-refractivity contribution >= 4 is 34.3 Å². The van der Waals surface area contributed by atoms with Crippen molar-refractivity contribution in [3.63, 3.8) is 0 Å². The molecular formula is C14H15N3OS2. The maximum absolute atomic E-state index is 5.94. The third-order valence-electron chi connectivity index (χ3n) is 2.95. The van der Waals surface area contributed by atoms with Crippen molar-refractivity contribution in [2.75, 3.05) is 12.3 Å². The lowest BCUT2D eigenvalue weighted by molar-refractivity contribution is 0.464. The molecule has 0 amide bonds. The van der Waals surface area contributed by atoms with Crippen molar-refractivity contribution in [3.05, 3.63) is 42.4 Å². The summed E-state index contributed by atoms with van der Waals surface area (Å²) < 4.78 is 11.0. The lowest BCUT2D eigenvalue weighted by Gasteiger charge is -2.13. The Morgan fingerprint density at radius 3 is 3.05 bits per heavy atom. The average molecular weight is 305 g/mol. The van der Waals surface area contributed by atoms with Crippen LogP contribution in [-0.2, 0) is 0 Å². The van der Waals surface area contributed by atoms with Gasteiger partial charge in [0, 0.05) is 11.1 Å². The first-order valence-corrected chi connectivity index (χ1v) is 8.24. The third-order valence-corrected chi connectivity index (χ3v) is 4.84. The second kappa shape index (κ2) is 6.39. The molecule has 6 heteroatoms. The highest BCUT2D eigenvalue weighted by molar-refractivity contribution is 8.00. The number of para-hydroxylation sites is 1. The molecule has 0 saturated heterocycles. The van der Waals surface area contributed by atoms with E-state index in [1.807, 2.05) is 18.2 Å². The van der Waals surface area contributed by atoms with Crippen LogP contribution >= 0.6 is 23.3 Å². The second-order valence-corrected chi connectivity index (χ2v) is 6.36. The molecule has 2 aromatic heterocycles. The van der Waals surface area contributed by atoms with Gasteiger partial charge < -0.3 is 9.73 Å². The number of benzene rings is 1. The molecule has 0 spiro atoms. The van der Waals surface area contributed by atoms with Gasteiger partial charge in [0.15, 0.2) is 4.34 Å². The van der Waals surface area contributed by atoms with Crippen LogP contribution in [0.4, 0.5) is 0 Å². The van der Waals surface area contributed by atoms with Gasteiger partial charge in [-0.2, -0.15) is 4.37 Å². The van der Waals surface area contributed by atoms with Gasteiger partial charge in [0.25, 0.3) is 0 Å². The van der Waals surface area contributed by atoms with Gasteiger partial charge in [0.2, 0.25) is 0 Å². The van der Waals surface area contributed by atoms with Gasteiger partial charge in [0.1, 0.15) is 17.7 Å². The first kappa shape index (κ1) is 13.6. The minimum Gasteiger partial charge on any atom is -0.459 e. The highest BCUT2D eigenvalue weighted by Crippen LogP contribution is 2.29. The van der Waals surface area contributed by atoms with Crippen LogP contribution in [0.15, 0.2) is 45.4 Å². The maximum Gasteiger partial charge on any atom is 0.169 e. The number of aromatic nitrogens is 2. The lowest BCUT2D eigenvalue weighted by Crippen LogP contribution is -2.22. The van der Waals surface area contributed by atoms with E-state index >= 15 is 0 Å². The van der Waals surface area contributed by atoms with Crippen LogP contribution in [0.1, 0.15) is 18.7 Å². The Balaban J connectivity index is 1.78. The fourth-order valence-electron chi connectivity index (χ4n) is 2.04. The second-order valence-electron chi connectivity index (χ2n) is 4.32. The standard InChI is InChI=1S/C14H15N3OS2/c1-2-15-11(8-19-14-16-9-17-20-14)13-7-10-5-3-4-6-12(10)18-13/h3-7,9,11,15H,2,8H2,1H3. The summed E-state index contributed by atoms with van der Waals surface area (Å²) in [5, 5.41) is 4.61. The van der Waals surface area contributed by atoms with E-state index in [1.165, 1.54) is 11.5 Å². The Bertz CT molecular complexity index is 633. The third kappa shape index (κ3) is 3.03. The molecule has 1 unspecified atom stereocenters. The number of fused-ring (bicyclic) bond motifs is 1. The van der Waals surface area contributed by atoms with Crippen molar-refractivity contribution in [2.45, 2.75) is 17.3 Å². The fourth-order valence-corrected chi connectivity index (χ4v) is 3.58. The van der Waals surface area contributed by atoms with E-state index in [2.05, 4.69) is 33.7 Å². The Hall–Kier alpha value is -1.37. The SMILES string of the molecule is CCNC(CSc1ncns1)c1cc2ccccc2o1. The zero-order valence-electron chi connectivity index (χ0n) is 11.1. The van der Waals surface area contributed by atoms with Gasteiger partial charge in [0.05, 0.1) is 6.04 Å². The van der Waals surface area contributed by atoms with Crippen LogP contribution in [0.25, 0.3) is 11.0 Å². The van der Waals surface area contributed by atoms with E-state index in [0.717, 1.165) is 33.4 Å². The Labute approximate surface area is 125 Å². The monoisotopic (exact) mass is 305 g/mol. The predicted octanol–water partition coefficient (Wildman–Crippen LogP) is 3.73. The number of furan rings is 1. The number of nitrogens with one attached hydrogen (secondary N) is 1. The molecule has 0 saturated carbocycles. The predicted molar refractivity (Wildman–Crippen MR) is 83.3 cm³/mol. The van der Waals surface area contributed by atoms with Gasteiger partial charge in [-0.15, -0.1) is 0 Å². The number of rotatable bonds is 6. The van der Waals surface area contributed by atoms with Crippen LogP contribution in [0.3, 0.4) is 0 Å². The molecule has 1 N–H and O–H groups in total. The molecule has 1 atom stereocenters. The molecule has 0 aliphatic rings. The fraction of sp³-hybridized carbons (Fsp3) is 0.286. The summed E-state index contributed by atoms with van der Waals surface area (Å²) in [5.74, 6) is 1.85. The smallest absolute Gasteiger partial charge is 0.169 e. The topological polar surface area (TPSA) is 51.0 Å². The Morgan fingerprint density at radius 2 is 2.30 bits per heavy atom. The van der Waals surface area contributed by atoms with E-state index in [1.54, 1.807) is 18.1 Å². The molecule has 4 nitrogen and oxygen atoms in total. The molecule has 3 rings (SSSR count). The number of hydrogen-bond donors (Lipinski definition) is 1. The summed E-state index contributed by atoms with van der Waals surface area (Å²) in [6.45, 7) is 3.00. The van der Waals surface area contributed by atoms with E-state index < -0.39 is 0 Å². The minimum atomic E-state index is 0.182. The van der Waals surface area contributed by atoms with Gasteiger partial charge in [-0.25, -0.2) is 4.98 Å². The maximum atomic E-state index is 5.94. The molecule has 3 aromatic rings. The first-order chi connectivity index (χ1) is 9.86. The average Bonchev–Trinajstić information content (AvgIpc) is 3.12. The van der Waals surface area contributed by atoms with Gasteiger partial charge in [-0.1, -0.05) is 36.9 Å². The number of hydrogen-bond acceptors (Lipinski definition) is 6. The largest absolute Gasteiger partial charge is 0.459 e.